The fourth-order valence-corrected chi connectivity index (χ4v) is 0. The topological polar surface area (TPSA) is 360 Å². The van der Waals surface area contributed by atoms with Crippen molar-refractivity contribution in [2.24, 2.45) is 0 Å². The molecule has 0 aliphatic heterocycles. The smallest absolute Gasteiger partial charge is 0.870 e. The zero-order valence-electron chi connectivity index (χ0n) is 9.81. The second kappa shape index (κ2) is 895. The van der Waals surface area contributed by atoms with Gasteiger partial charge in [-0.05, 0) is 0 Å². The van der Waals surface area contributed by atoms with Crippen LogP contribution in [0.2, 0.25) is 0 Å². The normalized spacial score (nSPS) is 0. The first-order valence-electron chi connectivity index (χ1n) is 0. The molecule has 0 fully saturated rings. The molecule has 0 radical (unpaired) electrons. The molecule has 12 N–H and O–H groups in total. The minimum absolute atomic E-state index is 0. The van der Waals surface area contributed by atoms with Crippen molar-refractivity contribution in [1.29, 1.82) is 0 Å². The van der Waals surface area contributed by atoms with Gasteiger partial charge in [0.1, 0.15) is 0 Å². The van der Waals surface area contributed by atoms with Gasteiger partial charge < -0.3 is 65.7 Å². The Labute approximate surface area is 208 Å². The minimum atomic E-state index is 0. The summed E-state index contributed by atoms with van der Waals surface area (Å²) in [5, 5.41) is 0. The van der Waals surface area contributed by atoms with Gasteiger partial charge >= 0.3 is 69.4 Å². The van der Waals surface area contributed by atoms with Crippen LogP contribution in [0.1, 0.15) is 0 Å². The van der Waals surface area contributed by atoms with Gasteiger partial charge in [-0.1, -0.05) is 0 Å². The van der Waals surface area contributed by atoms with E-state index in [0.717, 1.165) is 0 Å². The predicted octanol–water partition coefficient (Wildman–Crippen LogP) is -1.96. The van der Waals surface area contributed by atoms with E-state index < -0.39 is 0 Å². The Kier molecular flexibility index (Phi) is 43300. The Morgan fingerprint density at radius 3 is 0.190 bits per heavy atom. The Bertz CT molecular complexity index is 33.2. The van der Waals surface area contributed by atoms with Gasteiger partial charge in [0, 0.05) is 26.2 Å². The first-order valence-corrected chi connectivity index (χ1v) is 0. The van der Waals surface area contributed by atoms with Crippen LogP contribution in [-0.4, -0.2) is 135 Å². The van der Waals surface area contributed by atoms with E-state index in [1.165, 1.54) is 0 Å². The predicted molar refractivity (Wildman–Crippen MR) is 75.2 cm³/mol. The van der Waals surface area contributed by atoms with Crippen molar-refractivity contribution in [3.05, 3.63) is 0 Å². The zero-order chi connectivity index (χ0) is 0. The number of hydrogen-bond donors (Lipinski definition) is 0. The van der Waals surface area contributed by atoms with Gasteiger partial charge in [-0.15, -0.1) is 49.6 Å². The molecule has 0 aromatic carbocycles. The molecule has 0 aromatic heterocycles. The van der Waals surface area contributed by atoms with Crippen LogP contribution in [0.5, 0.6) is 0 Å². The summed E-state index contributed by atoms with van der Waals surface area (Å²) in [5.41, 5.74) is 0. The molecule has 0 rings (SSSR count). The average Bonchev–Trinajstić information content (AvgIpc) is 0. The summed E-state index contributed by atoms with van der Waals surface area (Å²) < 4.78 is 0. The van der Waals surface area contributed by atoms with E-state index in [0.29, 0.717) is 0 Å². The molecule has 0 atom stereocenters. The molecule has 21 heteroatoms. The standard InChI is InChI=1S/4Al.4ClH.12H2O.Zr/h;;;;4*1H;12*1H2;/q4*+3;;;;;;;;;;;;;;;;;/p-12. The van der Waals surface area contributed by atoms with Crippen LogP contribution in [0.15, 0.2) is 0 Å². The summed E-state index contributed by atoms with van der Waals surface area (Å²) in [7, 11) is 0. The van der Waals surface area contributed by atoms with E-state index in [4.69, 9.17) is 0 Å². The maximum absolute atomic E-state index is 0. The van der Waals surface area contributed by atoms with Gasteiger partial charge in [0.25, 0.3) is 0 Å². The molecule has 0 heterocycles. The summed E-state index contributed by atoms with van der Waals surface area (Å²) in [6.07, 6.45) is 0. The molecule has 0 saturated heterocycles. The molecule has 0 spiro atoms. The molecule has 0 saturated carbocycles. The van der Waals surface area contributed by atoms with Gasteiger partial charge in [-0.3, -0.25) is 0 Å². The molecule has 21 heavy (non-hydrogen) atoms. The third-order valence-electron chi connectivity index (χ3n) is 0. The van der Waals surface area contributed by atoms with Crippen molar-refractivity contribution in [3.63, 3.8) is 0 Å². The SMILES string of the molecule is Cl.Cl.Cl.Cl.[Al+3].[Al+3].[Al+3].[Al+3].[OH-].[OH-].[OH-].[OH-].[OH-].[OH-].[OH-].[OH-].[OH-].[OH-].[OH-].[OH-].[Zr]. The van der Waals surface area contributed by atoms with Crippen LogP contribution in [0, 0.1) is 0 Å². The van der Waals surface area contributed by atoms with Gasteiger partial charge in [-0.2, -0.15) is 0 Å². The molecule has 132 valence electrons. The van der Waals surface area contributed by atoms with Crippen LogP contribution in [0.4, 0.5) is 0 Å². The maximum atomic E-state index is 0. The average molecular weight is 549 g/mol. The van der Waals surface area contributed by atoms with Crippen LogP contribution >= 0.6 is 49.6 Å². The van der Waals surface area contributed by atoms with Gasteiger partial charge in [0.15, 0.2) is 0 Å². The number of hydrogen-bond acceptors (Lipinski definition) is 12. The molecule has 0 aliphatic carbocycles. The fourth-order valence-electron chi connectivity index (χ4n) is 0. The van der Waals surface area contributed by atoms with Crippen molar-refractivity contribution in [1.82, 2.24) is 0 Å². The molecule has 0 aromatic rings. The Morgan fingerprint density at radius 1 is 0.190 bits per heavy atom. The summed E-state index contributed by atoms with van der Waals surface area (Å²) in [6.45, 7) is 0. The molecule has 0 bridgehead atoms. The van der Waals surface area contributed by atoms with Gasteiger partial charge in [0.2, 0.25) is 0 Å². The van der Waals surface area contributed by atoms with Crippen molar-refractivity contribution in [3.8, 4) is 0 Å². The quantitative estimate of drug-likeness (QED) is 0.297. The largest absolute Gasteiger partial charge is 3.00 e. The number of halogens is 4. The van der Waals surface area contributed by atoms with Crippen LogP contribution in [0.3, 0.4) is 0 Å². The van der Waals surface area contributed by atoms with E-state index in [2.05, 4.69) is 0 Å². The van der Waals surface area contributed by atoms with Crippen molar-refractivity contribution in [2.45, 2.75) is 0 Å². The first-order chi connectivity index (χ1) is 0. The molecule has 12 nitrogen and oxygen atoms in total. The van der Waals surface area contributed by atoms with Crippen molar-refractivity contribution in [2.75, 3.05) is 0 Å². The molecular weight excluding hydrogens is 533 g/mol. The summed E-state index contributed by atoms with van der Waals surface area (Å²) in [5.74, 6) is 0. The third kappa shape index (κ3) is 818. The molecule has 0 unspecified atom stereocenters. The summed E-state index contributed by atoms with van der Waals surface area (Å²) in [6, 6.07) is 0. The van der Waals surface area contributed by atoms with E-state index in [1.54, 1.807) is 0 Å². The van der Waals surface area contributed by atoms with E-state index >= 15 is 0 Å². The zero-order valence-corrected chi connectivity index (χ0v) is 20.2. The van der Waals surface area contributed by atoms with Crippen LogP contribution < -0.4 is 0 Å². The molecule has 0 amide bonds. The van der Waals surface area contributed by atoms with Crippen molar-refractivity contribution >= 4 is 119 Å². The Morgan fingerprint density at radius 2 is 0.190 bits per heavy atom. The van der Waals surface area contributed by atoms with E-state index in [1.807, 2.05) is 0 Å². The van der Waals surface area contributed by atoms with E-state index in [9.17, 15) is 0 Å². The van der Waals surface area contributed by atoms with Gasteiger partial charge in [0.05, 0.1) is 0 Å². The molecular formula is H16Al4Cl4O12Zr. The third-order valence-corrected chi connectivity index (χ3v) is 0. The summed E-state index contributed by atoms with van der Waals surface area (Å²) >= 11 is 0. The maximum Gasteiger partial charge on any atom is 3.00 e. The van der Waals surface area contributed by atoms with Crippen LogP contribution in [0.25, 0.3) is 0 Å². The monoisotopic (exact) mass is 546 g/mol. The first kappa shape index (κ1) is 1020. The second-order valence-electron chi connectivity index (χ2n) is 0. The van der Waals surface area contributed by atoms with Crippen LogP contribution in [-0.2, 0) is 26.2 Å². The summed E-state index contributed by atoms with van der Waals surface area (Å²) in [4.78, 5) is 0. The number of rotatable bonds is 0. The fraction of sp³-hybridized carbons (Fsp3) is 0. The van der Waals surface area contributed by atoms with Crippen molar-refractivity contribution < 1.29 is 91.9 Å². The Balaban J connectivity index is 0. The second-order valence-corrected chi connectivity index (χ2v) is 0. The van der Waals surface area contributed by atoms with Gasteiger partial charge in [-0.25, -0.2) is 0 Å². The minimum Gasteiger partial charge on any atom is -0.870 e. The van der Waals surface area contributed by atoms with E-state index in [-0.39, 0.29) is 211 Å². The Hall–Kier alpha value is 3.69. The molecule has 0 aliphatic rings.